The van der Waals surface area contributed by atoms with Gasteiger partial charge in [0.05, 0.1) is 0 Å². The summed E-state index contributed by atoms with van der Waals surface area (Å²) in [5.74, 6) is -1.41. The third-order valence-electron chi connectivity index (χ3n) is 3.70. The number of carbonyl (C=O) groups is 1. The fraction of sp³-hybridized carbons (Fsp3) is 0.533. The molecule has 2 atom stereocenters. The predicted octanol–water partition coefficient (Wildman–Crippen LogP) is 2.28. The van der Waals surface area contributed by atoms with Gasteiger partial charge in [-0.15, -0.1) is 0 Å². The number of nitrogens with zero attached hydrogens (tertiary/aromatic N) is 1. The molecule has 5 heteroatoms. The summed E-state index contributed by atoms with van der Waals surface area (Å²) >= 11 is 0. The van der Waals surface area contributed by atoms with Crippen LogP contribution < -0.4 is 5.32 Å². The summed E-state index contributed by atoms with van der Waals surface area (Å²) in [7, 11) is 0. The number of piperazine rings is 1. The molecule has 1 aliphatic rings. The second kappa shape index (κ2) is 6.31. The highest BCUT2D eigenvalue weighted by molar-refractivity contribution is 5.77. The minimum atomic E-state index is -0.597. The Morgan fingerprint density at radius 1 is 1.50 bits per heavy atom. The number of hydrogen-bond acceptors (Lipinski definition) is 2. The quantitative estimate of drug-likeness (QED) is 0.922. The lowest BCUT2D eigenvalue weighted by atomic mass is 9.96. The smallest absolute Gasteiger partial charge is 0.223 e. The maximum absolute atomic E-state index is 13.7. The first-order valence-corrected chi connectivity index (χ1v) is 6.93. The molecule has 1 aliphatic heterocycles. The van der Waals surface area contributed by atoms with E-state index in [-0.39, 0.29) is 24.3 Å². The maximum Gasteiger partial charge on any atom is 0.223 e. The summed E-state index contributed by atoms with van der Waals surface area (Å²) in [5.41, 5.74) is 0.392. The van der Waals surface area contributed by atoms with E-state index >= 15 is 0 Å². The van der Waals surface area contributed by atoms with E-state index in [1.54, 1.807) is 11.8 Å². The van der Waals surface area contributed by atoms with Crippen molar-refractivity contribution in [2.75, 3.05) is 19.6 Å². The molecule has 0 radical (unpaired) electrons. The van der Waals surface area contributed by atoms with Crippen molar-refractivity contribution in [1.29, 1.82) is 0 Å². The van der Waals surface area contributed by atoms with E-state index in [0.29, 0.717) is 18.7 Å². The average Bonchev–Trinajstić information content (AvgIpc) is 2.38. The molecule has 2 rings (SSSR count). The Hall–Kier alpha value is -1.49. The van der Waals surface area contributed by atoms with Crippen LogP contribution in [0.15, 0.2) is 18.2 Å². The Morgan fingerprint density at radius 3 is 2.90 bits per heavy atom. The van der Waals surface area contributed by atoms with Crippen LogP contribution in [0.5, 0.6) is 0 Å². The summed E-state index contributed by atoms with van der Waals surface area (Å²) < 4.78 is 26.6. The Morgan fingerprint density at radius 2 is 2.25 bits per heavy atom. The van der Waals surface area contributed by atoms with Crippen molar-refractivity contribution in [3.63, 3.8) is 0 Å². The molecule has 0 saturated carbocycles. The first-order chi connectivity index (χ1) is 9.47. The highest BCUT2D eigenvalue weighted by Crippen LogP contribution is 2.23. The molecule has 20 heavy (non-hydrogen) atoms. The molecule has 1 aromatic rings. The molecular weight excluding hydrogens is 262 g/mol. The van der Waals surface area contributed by atoms with Gasteiger partial charge >= 0.3 is 0 Å². The van der Waals surface area contributed by atoms with Crippen LogP contribution in [0.4, 0.5) is 8.78 Å². The van der Waals surface area contributed by atoms with Crippen molar-refractivity contribution in [3.05, 3.63) is 35.4 Å². The predicted molar refractivity (Wildman–Crippen MR) is 73.4 cm³/mol. The minimum absolute atomic E-state index is 0.0228. The van der Waals surface area contributed by atoms with Gasteiger partial charge in [0.1, 0.15) is 11.6 Å². The third kappa shape index (κ3) is 3.54. The number of carbonyl (C=O) groups excluding carboxylic acids is 1. The summed E-state index contributed by atoms with van der Waals surface area (Å²) in [4.78, 5) is 14.0. The molecule has 0 bridgehead atoms. The van der Waals surface area contributed by atoms with Gasteiger partial charge in [-0.2, -0.15) is 0 Å². The zero-order valence-electron chi connectivity index (χ0n) is 11.8. The van der Waals surface area contributed by atoms with Crippen LogP contribution >= 0.6 is 0 Å². The molecule has 1 unspecified atom stereocenters. The zero-order valence-corrected chi connectivity index (χ0v) is 11.8. The Kier molecular flexibility index (Phi) is 4.70. The lowest BCUT2D eigenvalue weighted by molar-refractivity contribution is -0.132. The SMILES string of the molecule is CC(CC(=O)N1CCN[C@H](C)C1)c1ccc(F)cc1F. The van der Waals surface area contributed by atoms with Gasteiger partial charge in [0.15, 0.2) is 0 Å². The maximum atomic E-state index is 13.7. The number of halogens is 2. The van der Waals surface area contributed by atoms with Gasteiger partial charge in [0.2, 0.25) is 5.91 Å². The molecule has 0 spiro atoms. The van der Waals surface area contributed by atoms with Crippen LogP contribution in [-0.2, 0) is 4.79 Å². The van der Waals surface area contributed by atoms with Crippen LogP contribution in [0.2, 0.25) is 0 Å². The Bertz CT molecular complexity index is 493. The molecule has 1 heterocycles. The number of nitrogens with one attached hydrogen (secondary N) is 1. The second-order valence-electron chi connectivity index (χ2n) is 5.47. The Balaban J connectivity index is 1.99. The molecule has 110 valence electrons. The molecule has 1 fully saturated rings. The molecule has 0 aromatic heterocycles. The molecular formula is C15H20F2N2O. The number of rotatable bonds is 3. The highest BCUT2D eigenvalue weighted by Gasteiger charge is 2.23. The van der Waals surface area contributed by atoms with Gasteiger partial charge in [-0.05, 0) is 24.5 Å². The number of amides is 1. The van der Waals surface area contributed by atoms with E-state index in [2.05, 4.69) is 5.32 Å². The van der Waals surface area contributed by atoms with Crippen molar-refractivity contribution in [1.82, 2.24) is 10.2 Å². The number of hydrogen-bond donors (Lipinski definition) is 1. The second-order valence-corrected chi connectivity index (χ2v) is 5.47. The monoisotopic (exact) mass is 282 g/mol. The van der Waals surface area contributed by atoms with Crippen molar-refractivity contribution >= 4 is 5.91 Å². The van der Waals surface area contributed by atoms with Crippen molar-refractivity contribution in [3.8, 4) is 0 Å². The summed E-state index contributed by atoms with van der Waals surface area (Å²) in [6.45, 7) is 5.97. The van der Waals surface area contributed by atoms with Crippen LogP contribution in [0.25, 0.3) is 0 Å². The van der Waals surface area contributed by atoms with E-state index in [1.807, 2.05) is 6.92 Å². The first-order valence-electron chi connectivity index (χ1n) is 6.93. The van der Waals surface area contributed by atoms with E-state index in [4.69, 9.17) is 0 Å². The fourth-order valence-electron chi connectivity index (χ4n) is 2.56. The summed E-state index contributed by atoms with van der Waals surface area (Å²) in [6.07, 6.45) is 0.245. The summed E-state index contributed by atoms with van der Waals surface area (Å²) in [5, 5.41) is 3.27. The van der Waals surface area contributed by atoms with Crippen LogP contribution in [0.3, 0.4) is 0 Å². The van der Waals surface area contributed by atoms with E-state index in [9.17, 15) is 13.6 Å². The Labute approximate surface area is 118 Å². The standard InChI is InChI=1S/C15H20F2N2O/c1-10(13-4-3-12(16)8-14(13)17)7-15(20)19-6-5-18-11(2)9-19/h3-4,8,10-11,18H,5-7,9H2,1-2H3/t10?,11-/m1/s1. The minimum Gasteiger partial charge on any atom is -0.340 e. The molecule has 1 saturated heterocycles. The van der Waals surface area contributed by atoms with Crippen LogP contribution in [0.1, 0.15) is 31.7 Å². The lowest BCUT2D eigenvalue weighted by Gasteiger charge is -2.32. The van der Waals surface area contributed by atoms with Gasteiger partial charge in [-0.3, -0.25) is 4.79 Å². The molecule has 3 nitrogen and oxygen atoms in total. The molecule has 1 amide bonds. The molecule has 0 aliphatic carbocycles. The topological polar surface area (TPSA) is 32.3 Å². The average molecular weight is 282 g/mol. The lowest BCUT2D eigenvalue weighted by Crippen LogP contribution is -2.51. The zero-order chi connectivity index (χ0) is 14.7. The largest absolute Gasteiger partial charge is 0.340 e. The van der Waals surface area contributed by atoms with Gasteiger partial charge in [-0.1, -0.05) is 13.0 Å². The fourth-order valence-corrected chi connectivity index (χ4v) is 2.56. The normalized spacial score (nSPS) is 20.8. The van der Waals surface area contributed by atoms with Crippen LogP contribution in [-0.4, -0.2) is 36.5 Å². The van der Waals surface area contributed by atoms with Crippen molar-refractivity contribution < 1.29 is 13.6 Å². The van der Waals surface area contributed by atoms with E-state index in [0.717, 1.165) is 12.6 Å². The van der Waals surface area contributed by atoms with Gasteiger partial charge in [0, 0.05) is 38.2 Å². The van der Waals surface area contributed by atoms with E-state index < -0.39 is 11.6 Å². The van der Waals surface area contributed by atoms with Gasteiger partial charge in [0.25, 0.3) is 0 Å². The molecule has 1 aromatic carbocycles. The van der Waals surface area contributed by atoms with Crippen molar-refractivity contribution in [2.24, 2.45) is 0 Å². The first kappa shape index (κ1) is 14.9. The van der Waals surface area contributed by atoms with Gasteiger partial charge in [-0.25, -0.2) is 8.78 Å². The van der Waals surface area contributed by atoms with Crippen LogP contribution in [0, 0.1) is 11.6 Å². The summed E-state index contributed by atoms with van der Waals surface area (Å²) in [6, 6.07) is 3.80. The van der Waals surface area contributed by atoms with Crippen molar-refractivity contribution in [2.45, 2.75) is 32.2 Å². The third-order valence-corrected chi connectivity index (χ3v) is 3.70. The highest BCUT2D eigenvalue weighted by atomic mass is 19.1. The van der Waals surface area contributed by atoms with Gasteiger partial charge < -0.3 is 10.2 Å². The molecule has 1 N–H and O–H groups in total. The number of benzene rings is 1. The van der Waals surface area contributed by atoms with E-state index in [1.165, 1.54) is 12.1 Å².